The summed E-state index contributed by atoms with van der Waals surface area (Å²) in [6, 6.07) is 3.17. The van der Waals surface area contributed by atoms with Crippen LogP contribution in [0.2, 0.25) is 0 Å². The molecule has 1 aromatic rings. The molecule has 0 radical (unpaired) electrons. The van der Waals surface area contributed by atoms with Crippen molar-refractivity contribution in [3.8, 4) is 5.75 Å². The van der Waals surface area contributed by atoms with E-state index in [1.807, 2.05) is 27.7 Å². The molecule has 0 saturated heterocycles. The lowest BCUT2D eigenvalue weighted by atomic mass is 10.2. The van der Waals surface area contributed by atoms with Crippen LogP contribution in [0.4, 0.5) is 5.69 Å². The van der Waals surface area contributed by atoms with Gasteiger partial charge < -0.3 is 13.7 Å². The molecule has 0 aliphatic rings. The number of hydrogen-bond donors (Lipinski definition) is 1. The zero-order chi connectivity index (χ0) is 22.2. The van der Waals surface area contributed by atoms with E-state index in [-0.39, 0.29) is 29.9 Å². The second-order valence-electron chi connectivity index (χ2n) is 7.34. The highest BCUT2D eigenvalue weighted by molar-refractivity contribution is 7.85. The van der Waals surface area contributed by atoms with Crippen LogP contribution in [0.1, 0.15) is 34.6 Å². The summed E-state index contributed by atoms with van der Waals surface area (Å²) in [5.41, 5.74) is -0.214. The average Bonchev–Trinajstić information content (AvgIpc) is 2.62. The van der Waals surface area contributed by atoms with Gasteiger partial charge in [-0.05, 0) is 30.9 Å². The fourth-order valence-electron chi connectivity index (χ4n) is 2.04. The van der Waals surface area contributed by atoms with E-state index in [4.69, 9.17) is 13.7 Å². The summed E-state index contributed by atoms with van der Waals surface area (Å²) in [4.78, 5) is 22.5. The lowest BCUT2D eigenvalue weighted by molar-refractivity contribution is -0.384. The Labute approximate surface area is 170 Å². The first-order valence-corrected chi connectivity index (χ1v) is 10.6. The van der Waals surface area contributed by atoms with Crippen LogP contribution >= 0.6 is 0 Å². The predicted octanol–water partition coefficient (Wildman–Crippen LogP) is 2.44. The second-order valence-corrected chi connectivity index (χ2v) is 8.65. The maximum Gasteiger partial charge on any atom is 0.383 e. The highest BCUT2D eigenvalue weighted by atomic mass is 32.2. The van der Waals surface area contributed by atoms with Gasteiger partial charge in [0, 0.05) is 18.7 Å². The number of nitrogens with one attached hydrogen (secondary N) is 1. The van der Waals surface area contributed by atoms with Crippen molar-refractivity contribution in [2.75, 3.05) is 13.2 Å². The van der Waals surface area contributed by atoms with Crippen LogP contribution in [0.3, 0.4) is 0 Å². The normalized spacial score (nSPS) is 13.9. The Balaban J connectivity index is 2.92. The first-order valence-electron chi connectivity index (χ1n) is 9.15. The monoisotopic (exact) mass is 432 g/mol. The van der Waals surface area contributed by atoms with Crippen molar-refractivity contribution in [3.63, 3.8) is 0 Å². The SMILES string of the molecule is CC(C)COC(=O)[C@@H](NS(=O)(=O)Oc1ccc([N+](=O)[O-])cc1)C(C)OCC(C)C. The van der Waals surface area contributed by atoms with Gasteiger partial charge in [-0.15, -0.1) is 0 Å². The first kappa shape index (κ1) is 24.8. The van der Waals surface area contributed by atoms with Crippen LogP contribution in [-0.4, -0.2) is 44.7 Å². The number of nitrogens with zero attached hydrogens (tertiary/aromatic N) is 1. The molecule has 1 rings (SSSR count). The molecular formula is C18H28N2O8S. The lowest BCUT2D eigenvalue weighted by Crippen LogP contribution is -2.50. The van der Waals surface area contributed by atoms with Gasteiger partial charge >= 0.3 is 16.3 Å². The number of carbonyl (C=O) groups is 1. The first-order chi connectivity index (χ1) is 13.4. The highest BCUT2D eigenvalue weighted by Crippen LogP contribution is 2.19. The van der Waals surface area contributed by atoms with Gasteiger partial charge in [-0.3, -0.25) is 14.9 Å². The molecule has 2 atom stereocenters. The second kappa shape index (κ2) is 11.1. The highest BCUT2D eigenvalue weighted by Gasteiger charge is 2.33. The van der Waals surface area contributed by atoms with E-state index in [0.717, 1.165) is 24.3 Å². The van der Waals surface area contributed by atoms with Crippen molar-refractivity contribution in [3.05, 3.63) is 34.4 Å². The Morgan fingerprint density at radius 1 is 1.07 bits per heavy atom. The van der Waals surface area contributed by atoms with E-state index < -0.39 is 33.3 Å². The molecule has 29 heavy (non-hydrogen) atoms. The van der Waals surface area contributed by atoms with E-state index in [0.29, 0.717) is 6.61 Å². The molecule has 0 aromatic heterocycles. The number of nitro benzene ring substituents is 1. The summed E-state index contributed by atoms with van der Waals surface area (Å²) in [7, 11) is -4.43. The molecule has 0 fully saturated rings. The number of esters is 1. The topological polar surface area (TPSA) is 134 Å². The third kappa shape index (κ3) is 9.20. The third-order valence-electron chi connectivity index (χ3n) is 3.50. The summed E-state index contributed by atoms with van der Waals surface area (Å²) in [6.45, 7) is 9.53. The molecule has 0 heterocycles. The molecule has 11 heteroatoms. The zero-order valence-corrected chi connectivity index (χ0v) is 18.0. The summed E-state index contributed by atoms with van der Waals surface area (Å²) in [5.74, 6) is -0.684. The molecule has 1 unspecified atom stereocenters. The fraction of sp³-hybridized carbons (Fsp3) is 0.611. The van der Waals surface area contributed by atoms with Gasteiger partial charge in [0.15, 0.2) is 0 Å². The Bertz CT molecular complexity index is 778. The van der Waals surface area contributed by atoms with E-state index in [1.165, 1.54) is 0 Å². The Morgan fingerprint density at radius 3 is 2.10 bits per heavy atom. The number of carbonyl (C=O) groups excluding carboxylic acids is 1. The van der Waals surface area contributed by atoms with Crippen LogP contribution in [0.25, 0.3) is 0 Å². The number of rotatable bonds is 12. The number of hydrogen-bond acceptors (Lipinski definition) is 8. The smallest absolute Gasteiger partial charge is 0.383 e. The van der Waals surface area contributed by atoms with Gasteiger partial charge in [-0.2, -0.15) is 13.1 Å². The summed E-state index contributed by atoms with van der Waals surface area (Å²) in [5, 5.41) is 10.7. The summed E-state index contributed by atoms with van der Waals surface area (Å²) in [6.07, 6.45) is -0.813. The molecule has 0 bridgehead atoms. The van der Waals surface area contributed by atoms with Crippen molar-refractivity contribution in [1.29, 1.82) is 0 Å². The number of non-ortho nitro benzene ring substituents is 1. The van der Waals surface area contributed by atoms with Crippen LogP contribution in [0, 0.1) is 22.0 Å². The van der Waals surface area contributed by atoms with Crippen LogP contribution in [0.15, 0.2) is 24.3 Å². The Kier molecular flexibility index (Phi) is 9.47. The molecule has 0 amide bonds. The quantitative estimate of drug-likeness (QED) is 0.302. The van der Waals surface area contributed by atoms with Crippen molar-refractivity contribution >= 4 is 22.0 Å². The van der Waals surface area contributed by atoms with E-state index in [9.17, 15) is 23.3 Å². The largest absolute Gasteiger partial charge is 0.464 e. The van der Waals surface area contributed by atoms with Gasteiger partial charge in [-0.1, -0.05) is 27.7 Å². The summed E-state index contributed by atoms with van der Waals surface area (Å²) >= 11 is 0. The molecular weight excluding hydrogens is 404 g/mol. The van der Waals surface area contributed by atoms with Crippen LogP contribution in [0.5, 0.6) is 5.75 Å². The minimum atomic E-state index is -4.43. The Hall–Kier alpha value is -2.24. The number of benzene rings is 1. The minimum Gasteiger partial charge on any atom is -0.464 e. The molecule has 1 N–H and O–H groups in total. The van der Waals surface area contributed by atoms with Crippen LogP contribution < -0.4 is 8.91 Å². The lowest BCUT2D eigenvalue weighted by Gasteiger charge is -2.24. The van der Waals surface area contributed by atoms with Gasteiger partial charge in [0.25, 0.3) is 5.69 Å². The predicted molar refractivity (Wildman–Crippen MR) is 106 cm³/mol. The molecule has 0 spiro atoms. The van der Waals surface area contributed by atoms with Gasteiger partial charge in [0.05, 0.1) is 17.6 Å². The van der Waals surface area contributed by atoms with Crippen LogP contribution in [-0.2, 0) is 24.6 Å². The van der Waals surface area contributed by atoms with Gasteiger partial charge in [0.1, 0.15) is 11.8 Å². The fourth-order valence-corrected chi connectivity index (χ4v) is 3.06. The zero-order valence-electron chi connectivity index (χ0n) is 17.2. The van der Waals surface area contributed by atoms with E-state index in [2.05, 4.69) is 4.72 Å². The van der Waals surface area contributed by atoms with E-state index >= 15 is 0 Å². The number of ether oxygens (including phenoxy) is 2. The average molecular weight is 432 g/mol. The Morgan fingerprint density at radius 2 is 1.62 bits per heavy atom. The van der Waals surface area contributed by atoms with Gasteiger partial charge in [0.2, 0.25) is 0 Å². The minimum absolute atomic E-state index is 0.0689. The maximum absolute atomic E-state index is 12.4. The van der Waals surface area contributed by atoms with Crippen molar-refractivity contribution < 1.29 is 31.8 Å². The van der Waals surface area contributed by atoms with E-state index in [1.54, 1.807) is 6.92 Å². The maximum atomic E-state index is 12.4. The third-order valence-corrected chi connectivity index (χ3v) is 4.45. The molecule has 0 aliphatic heterocycles. The van der Waals surface area contributed by atoms with Crippen molar-refractivity contribution in [2.45, 2.75) is 46.8 Å². The molecule has 0 aliphatic carbocycles. The summed E-state index contributed by atoms with van der Waals surface area (Å²) < 4.78 is 42.5. The molecule has 1 aromatic carbocycles. The van der Waals surface area contributed by atoms with Crippen molar-refractivity contribution in [2.24, 2.45) is 11.8 Å². The molecule has 0 saturated carbocycles. The number of nitro groups is 1. The van der Waals surface area contributed by atoms with Crippen molar-refractivity contribution in [1.82, 2.24) is 4.72 Å². The molecule has 164 valence electrons. The molecule has 10 nitrogen and oxygen atoms in total. The standard InChI is InChI=1S/C18H28N2O8S/c1-12(2)10-26-14(5)17(18(21)27-11-13(3)4)19-29(24,25)28-16-8-6-15(7-9-16)20(22)23/h6-9,12-14,17,19H,10-11H2,1-5H3/t14?,17-/m0/s1. The van der Waals surface area contributed by atoms with Gasteiger partial charge in [-0.25, -0.2) is 0 Å².